The van der Waals surface area contributed by atoms with E-state index in [1.54, 1.807) is 0 Å². The molecule has 2 aliphatic heterocycles. The monoisotopic (exact) mass is 507 g/mol. The van der Waals surface area contributed by atoms with Crippen LogP contribution in [0.15, 0.2) is 4.99 Å². The Labute approximate surface area is 189 Å². The number of rotatable bonds is 8. The second-order valence-electron chi connectivity index (χ2n) is 8.63. The zero-order valence-corrected chi connectivity index (χ0v) is 20.3. The van der Waals surface area contributed by atoms with Crippen LogP contribution in [0.4, 0.5) is 0 Å². The molecule has 3 fully saturated rings. The van der Waals surface area contributed by atoms with Gasteiger partial charge in [-0.15, -0.1) is 24.0 Å². The van der Waals surface area contributed by atoms with Crippen molar-refractivity contribution in [1.82, 2.24) is 20.4 Å². The van der Waals surface area contributed by atoms with E-state index in [1.165, 1.54) is 64.6 Å². The lowest BCUT2D eigenvalue weighted by Gasteiger charge is -2.34. The van der Waals surface area contributed by atoms with E-state index in [4.69, 9.17) is 9.73 Å². The van der Waals surface area contributed by atoms with E-state index in [0.717, 1.165) is 50.8 Å². The Hall–Kier alpha value is -0.120. The molecule has 28 heavy (non-hydrogen) atoms. The van der Waals surface area contributed by atoms with Gasteiger partial charge in [-0.25, -0.2) is 0 Å². The number of guanidine groups is 1. The van der Waals surface area contributed by atoms with Gasteiger partial charge < -0.3 is 25.2 Å². The molecule has 6 nitrogen and oxygen atoms in total. The van der Waals surface area contributed by atoms with Gasteiger partial charge in [-0.3, -0.25) is 4.99 Å². The van der Waals surface area contributed by atoms with Gasteiger partial charge in [-0.2, -0.15) is 0 Å². The summed E-state index contributed by atoms with van der Waals surface area (Å²) in [4.78, 5) is 9.97. The molecule has 0 amide bonds. The van der Waals surface area contributed by atoms with E-state index in [2.05, 4.69) is 34.4 Å². The average molecular weight is 508 g/mol. The second-order valence-corrected chi connectivity index (χ2v) is 8.63. The summed E-state index contributed by atoms with van der Waals surface area (Å²) >= 11 is 0. The molecule has 0 bridgehead atoms. The molecule has 1 saturated carbocycles. The number of likely N-dealkylation sites (N-methyl/N-ethyl adjacent to an activating group) is 1. The Morgan fingerprint density at radius 2 is 1.89 bits per heavy atom. The number of likely N-dealkylation sites (tertiary alicyclic amines) is 1. The third kappa shape index (κ3) is 7.95. The molecule has 2 N–H and O–H groups in total. The second kappa shape index (κ2) is 13.2. The number of hydrogen-bond donors (Lipinski definition) is 2. The summed E-state index contributed by atoms with van der Waals surface area (Å²) in [5.41, 5.74) is 0. The third-order valence-corrected chi connectivity index (χ3v) is 6.48. The highest BCUT2D eigenvalue weighted by atomic mass is 127. The largest absolute Gasteiger partial charge is 0.381 e. The first kappa shape index (κ1) is 24.2. The Morgan fingerprint density at radius 1 is 1.14 bits per heavy atom. The third-order valence-electron chi connectivity index (χ3n) is 6.48. The highest BCUT2D eigenvalue weighted by molar-refractivity contribution is 14.0. The smallest absolute Gasteiger partial charge is 0.191 e. The summed E-state index contributed by atoms with van der Waals surface area (Å²) in [5, 5.41) is 7.12. The van der Waals surface area contributed by atoms with Crippen molar-refractivity contribution in [3.05, 3.63) is 0 Å². The predicted octanol–water partition coefficient (Wildman–Crippen LogP) is 2.53. The van der Waals surface area contributed by atoms with E-state index in [-0.39, 0.29) is 24.0 Å². The molecule has 2 saturated heterocycles. The van der Waals surface area contributed by atoms with E-state index in [1.807, 2.05) is 0 Å². The molecule has 3 rings (SSSR count). The lowest BCUT2D eigenvalue weighted by Crippen LogP contribution is -2.49. The Bertz CT molecular complexity index is 444. The van der Waals surface area contributed by atoms with Crippen LogP contribution < -0.4 is 10.6 Å². The van der Waals surface area contributed by atoms with Crippen molar-refractivity contribution in [2.75, 3.05) is 59.5 Å². The standard InChI is InChI=1S/C21H41N5O.HI/c1-3-22-21(23-11-14-25(2)20-6-4-5-7-20)24-19-8-12-26(13-9-19)16-18-10-15-27-17-18;/h18-20H,3-17H2,1-2H3,(H2,22,23,24);1H. The van der Waals surface area contributed by atoms with Gasteiger partial charge in [0, 0.05) is 51.4 Å². The lowest BCUT2D eigenvalue weighted by atomic mass is 10.0. The van der Waals surface area contributed by atoms with Crippen LogP contribution in [-0.4, -0.2) is 87.4 Å². The first-order valence-corrected chi connectivity index (χ1v) is 11.3. The maximum absolute atomic E-state index is 5.52. The number of ether oxygens (including phenoxy) is 1. The van der Waals surface area contributed by atoms with Crippen LogP contribution in [0.1, 0.15) is 51.9 Å². The highest BCUT2D eigenvalue weighted by Gasteiger charge is 2.24. The fourth-order valence-electron chi connectivity index (χ4n) is 4.71. The molecule has 0 aromatic heterocycles. The van der Waals surface area contributed by atoms with E-state index >= 15 is 0 Å². The van der Waals surface area contributed by atoms with Crippen molar-refractivity contribution >= 4 is 29.9 Å². The molecule has 3 aliphatic rings. The summed E-state index contributed by atoms with van der Waals surface area (Å²) in [7, 11) is 2.26. The van der Waals surface area contributed by atoms with Crippen LogP contribution in [0.3, 0.4) is 0 Å². The summed E-state index contributed by atoms with van der Waals surface area (Å²) in [5.74, 6) is 1.75. The molecule has 0 aromatic rings. The Balaban J connectivity index is 0.00000280. The normalized spacial score (nSPS) is 25.2. The number of nitrogens with zero attached hydrogens (tertiary/aromatic N) is 3. The van der Waals surface area contributed by atoms with E-state index in [0.29, 0.717) is 6.04 Å². The first-order valence-electron chi connectivity index (χ1n) is 11.3. The molecule has 164 valence electrons. The van der Waals surface area contributed by atoms with Gasteiger partial charge in [0.05, 0.1) is 13.2 Å². The molecule has 2 heterocycles. The van der Waals surface area contributed by atoms with Gasteiger partial charge in [-0.05, 0) is 52.0 Å². The van der Waals surface area contributed by atoms with Gasteiger partial charge >= 0.3 is 0 Å². The average Bonchev–Trinajstić information content (AvgIpc) is 3.37. The zero-order valence-electron chi connectivity index (χ0n) is 18.0. The predicted molar refractivity (Wildman–Crippen MR) is 128 cm³/mol. The van der Waals surface area contributed by atoms with Crippen molar-refractivity contribution in [2.24, 2.45) is 10.9 Å². The SMILES string of the molecule is CCNC(=NCCN(C)C1CCCC1)NC1CCN(CC2CCOC2)CC1.I. The van der Waals surface area contributed by atoms with Gasteiger partial charge in [0.15, 0.2) is 5.96 Å². The minimum atomic E-state index is 0. The maximum Gasteiger partial charge on any atom is 0.191 e. The van der Waals surface area contributed by atoms with Gasteiger partial charge in [0.2, 0.25) is 0 Å². The molecule has 1 unspecified atom stereocenters. The Morgan fingerprint density at radius 3 is 2.54 bits per heavy atom. The fraction of sp³-hybridized carbons (Fsp3) is 0.952. The highest BCUT2D eigenvalue weighted by Crippen LogP contribution is 2.22. The first-order chi connectivity index (χ1) is 13.2. The molecule has 0 radical (unpaired) electrons. The number of piperidine rings is 1. The van der Waals surface area contributed by atoms with Crippen molar-refractivity contribution < 1.29 is 4.74 Å². The summed E-state index contributed by atoms with van der Waals surface area (Å²) < 4.78 is 5.52. The van der Waals surface area contributed by atoms with Gasteiger partial charge in [0.25, 0.3) is 0 Å². The topological polar surface area (TPSA) is 52.1 Å². The number of hydrogen-bond acceptors (Lipinski definition) is 4. The molecule has 1 aliphatic carbocycles. The van der Waals surface area contributed by atoms with Crippen molar-refractivity contribution in [1.29, 1.82) is 0 Å². The molecule has 7 heteroatoms. The maximum atomic E-state index is 5.52. The zero-order chi connectivity index (χ0) is 18.9. The van der Waals surface area contributed by atoms with E-state index < -0.39 is 0 Å². The van der Waals surface area contributed by atoms with Crippen LogP contribution in [0.25, 0.3) is 0 Å². The quantitative estimate of drug-likeness (QED) is 0.301. The fourth-order valence-corrected chi connectivity index (χ4v) is 4.71. The number of aliphatic imine (C=N–C) groups is 1. The summed E-state index contributed by atoms with van der Waals surface area (Å²) in [6, 6.07) is 1.33. The summed E-state index contributed by atoms with van der Waals surface area (Å²) in [6.07, 6.45) is 9.18. The molecule has 0 spiro atoms. The number of halogens is 1. The molecular weight excluding hydrogens is 465 g/mol. The molecule has 0 aromatic carbocycles. The van der Waals surface area contributed by atoms with Gasteiger partial charge in [-0.1, -0.05) is 12.8 Å². The van der Waals surface area contributed by atoms with E-state index in [9.17, 15) is 0 Å². The van der Waals surface area contributed by atoms with Gasteiger partial charge in [0.1, 0.15) is 0 Å². The molecular formula is C21H42IN5O. The lowest BCUT2D eigenvalue weighted by molar-refractivity contribution is 0.150. The van der Waals surface area contributed by atoms with Crippen molar-refractivity contribution in [3.63, 3.8) is 0 Å². The van der Waals surface area contributed by atoms with Crippen molar-refractivity contribution in [3.8, 4) is 0 Å². The van der Waals surface area contributed by atoms with Crippen LogP contribution >= 0.6 is 24.0 Å². The van der Waals surface area contributed by atoms with Crippen LogP contribution in [0.2, 0.25) is 0 Å². The van der Waals surface area contributed by atoms with Crippen LogP contribution in [0.5, 0.6) is 0 Å². The van der Waals surface area contributed by atoms with Crippen molar-refractivity contribution in [2.45, 2.75) is 64.0 Å². The van der Waals surface area contributed by atoms with Crippen LogP contribution in [0, 0.1) is 5.92 Å². The Kier molecular flexibility index (Phi) is 11.4. The van der Waals surface area contributed by atoms with Crippen LogP contribution in [-0.2, 0) is 4.74 Å². The summed E-state index contributed by atoms with van der Waals surface area (Å²) in [6.45, 7) is 10.5. The minimum Gasteiger partial charge on any atom is -0.381 e. The molecule has 1 atom stereocenters. The number of nitrogens with one attached hydrogen (secondary N) is 2. The minimum absolute atomic E-state index is 0.